The number of aliphatic hydroxyl groups is 1. The van der Waals surface area contributed by atoms with Crippen LogP contribution in [0, 0.1) is 0 Å². The van der Waals surface area contributed by atoms with E-state index < -0.39 is 6.10 Å². The minimum absolute atomic E-state index is 0.0754. The maximum absolute atomic E-state index is 10.4. The van der Waals surface area contributed by atoms with Gasteiger partial charge in [0.2, 0.25) is 0 Å². The van der Waals surface area contributed by atoms with Crippen molar-refractivity contribution in [2.45, 2.75) is 32.0 Å². The van der Waals surface area contributed by atoms with Crippen LogP contribution in [0.4, 0.5) is 0 Å². The Morgan fingerprint density at radius 3 is 2.38 bits per heavy atom. The number of hydrogen-bond acceptors (Lipinski definition) is 4. The lowest BCUT2D eigenvalue weighted by Gasteiger charge is -2.25. The Morgan fingerprint density at radius 1 is 1.10 bits per heavy atom. The Hall–Kier alpha value is -1.91. The van der Waals surface area contributed by atoms with Gasteiger partial charge in [0, 0.05) is 24.5 Å². The number of benzene rings is 1. The molecule has 3 atom stereocenters. The Bertz CT molecular complexity index is 542. The van der Waals surface area contributed by atoms with Crippen molar-refractivity contribution < 1.29 is 9.84 Å². The average molecular weight is 286 g/mol. The molecule has 2 rings (SSSR count). The van der Waals surface area contributed by atoms with E-state index in [0.29, 0.717) is 0 Å². The van der Waals surface area contributed by atoms with Crippen LogP contribution in [0.3, 0.4) is 0 Å². The van der Waals surface area contributed by atoms with Crippen molar-refractivity contribution >= 4 is 0 Å². The number of hydrogen-bond donors (Lipinski definition) is 2. The van der Waals surface area contributed by atoms with Crippen LogP contribution in [0.15, 0.2) is 48.8 Å². The van der Waals surface area contributed by atoms with E-state index in [9.17, 15) is 5.11 Å². The summed E-state index contributed by atoms with van der Waals surface area (Å²) in [5.74, 6) is 0.787. The number of methoxy groups -OCH3 is 1. The molecule has 2 N–H and O–H groups in total. The van der Waals surface area contributed by atoms with Crippen molar-refractivity contribution in [1.82, 2.24) is 10.3 Å². The van der Waals surface area contributed by atoms with Crippen molar-refractivity contribution in [2.24, 2.45) is 0 Å². The summed E-state index contributed by atoms with van der Waals surface area (Å²) in [5.41, 5.74) is 1.97. The molecule has 1 heterocycles. The van der Waals surface area contributed by atoms with Crippen LogP contribution < -0.4 is 10.1 Å². The van der Waals surface area contributed by atoms with Crippen LogP contribution in [0.1, 0.15) is 37.1 Å². The molecule has 21 heavy (non-hydrogen) atoms. The lowest BCUT2D eigenvalue weighted by molar-refractivity contribution is 0.130. The third kappa shape index (κ3) is 4.03. The molecule has 0 aliphatic carbocycles. The number of rotatable bonds is 6. The number of aliphatic hydroxyl groups excluding tert-OH is 1. The third-order valence-electron chi connectivity index (χ3n) is 3.63. The van der Waals surface area contributed by atoms with Gasteiger partial charge in [0.05, 0.1) is 13.2 Å². The monoisotopic (exact) mass is 286 g/mol. The Kier molecular flexibility index (Phi) is 5.31. The van der Waals surface area contributed by atoms with Crippen LogP contribution in [-0.2, 0) is 0 Å². The molecule has 0 aliphatic rings. The first-order chi connectivity index (χ1) is 10.1. The predicted molar refractivity (Wildman–Crippen MR) is 83.2 cm³/mol. The van der Waals surface area contributed by atoms with Crippen molar-refractivity contribution in [2.75, 3.05) is 7.11 Å². The fourth-order valence-corrected chi connectivity index (χ4v) is 2.30. The van der Waals surface area contributed by atoms with Gasteiger partial charge in [-0.2, -0.15) is 0 Å². The molecule has 0 fully saturated rings. The smallest absolute Gasteiger partial charge is 0.118 e. The van der Waals surface area contributed by atoms with Crippen LogP contribution in [0.5, 0.6) is 5.75 Å². The zero-order valence-electron chi connectivity index (χ0n) is 12.7. The van der Waals surface area contributed by atoms with E-state index in [1.807, 2.05) is 49.5 Å². The summed E-state index contributed by atoms with van der Waals surface area (Å²) < 4.78 is 5.13. The topological polar surface area (TPSA) is 54.4 Å². The highest BCUT2D eigenvalue weighted by molar-refractivity contribution is 5.29. The summed E-state index contributed by atoms with van der Waals surface area (Å²) in [6.07, 6.45) is 3.02. The van der Waals surface area contributed by atoms with Gasteiger partial charge >= 0.3 is 0 Å². The summed E-state index contributed by atoms with van der Waals surface area (Å²) in [6, 6.07) is 11.5. The Balaban J connectivity index is 2.00. The van der Waals surface area contributed by atoms with Crippen LogP contribution in [-0.4, -0.2) is 23.2 Å². The van der Waals surface area contributed by atoms with Crippen LogP contribution >= 0.6 is 0 Å². The number of aromatic nitrogens is 1. The molecule has 1 aromatic heterocycles. The first-order valence-corrected chi connectivity index (χ1v) is 7.10. The molecule has 0 amide bonds. The van der Waals surface area contributed by atoms with Gasteiger partial charge in [0.15, 0.2) is 0 Å². The zero-order valence-corrected chi connectivity index (χ0v) is 12.7. The third-order valence-corrected chi connectivity index (χ3v) is 3.63. The van der Waals surface area contributed by atoms with Crippen LogP contribution in [0.2, 0.25) is 0 Å². The van der Waals surface area contributed by atoms with Gasteiger partial charge in [-0.25, -0.2) is 0 Å². The lowest BCUT2D eigenvalue weighted by Crippen LogP contribution is -2.34. The Labute approximate surface area is 125 Å². The van der Waals surface area contributed by atoms with Gasteiger partial charge in [-0.3, -0.25) is 4.98 Å². The molecule has 4 nitrogen and oxygen atoms in total. The molecular formula is C17H22N2O2. The van der Waals surface area contributed by atoms with Crippen molar-refractivity contribution in [3.8, 4) is 5.75 Å². The number of nitrogens with zero attached hydrogens (tertiary/aromatic N) is 1. The first-order valence-electron chi connectivity index (χ1n) is 7.10. The minimum atomic E-state index is -0.574. The van der Waals surface area contributed by atoms with E-state index in [2.05, 4.69) is 17.2 Å². The molecule has 0 unspecified atom stereocenters. The molecular weight excluding hydrogens is 264 g/mol. The van der Waals surface area contributed by atoms with Gasteiger partial charge in [0.25, 0.3) is 0 Å². The SMILES string of the molecule is COc1ccc([C@H](O)[C@@H](C)N[C@@H](C)c2cccnc2)cc1. The van der Waals surface area contributed by atoms with Gasteiger partial charge < -0.3 is 15.2 Å². The fraction of sp³-hybridized carbons (Fsp3) is 0.353. The largest absolute Gasteiger partial charge is 0.497 e. The molecule has 0 saturated carbocycles. The maximum Gasteiger partial charge on any atom is 0.118 e. The molecule has 4 heteroatoms. The molecule has 1 aromatic carbocycles. The number of ether oxygens (including phenoxy) is 1. The Morgan fingerprint density at radius 2 is 1.81 bits per heavy atom. The summed E-state index contributed by atoms with van der Waals surface area (Å²) in [4.78, 5) is 4.12. The minimum Gasteiger partial charge on any atom is -0.497 e. The zero-order chi connectivity index (χ0) is 15.2. The highest BCUT2D eigenvalue weighted by Crippen LogP contribution is 2.22. The molecule has 0 spiro atoms. The van der Waals surface area contributed by atoms with Crippen molar-refractivity contribution in [1.29, 1.82) is 0 Å². The molecule has 0 bridgehead atoms. The molecule has 0 aliphatic heterocycles. The van der Waals surface area contributed by atoms with Gasteiger partial charge in [-0.15, -0.1) is 0 Å². The quantitative estimate of drug-likeness (QED) is 0.857. The maximum atomic E-state index is 10.4. The van der Waals surface area contributed by atoms with E-state index in [0.717, 1.165) is 16.9 Å². The number of nitrogens with one attached hydrogen (secondary N) is 1. The number of pyridine rings is 1. The van der Waals surface area contributed by atoms with E-state index in [-0.39, 0.29) is 12.1 Å². The average Bonchev–Trinajstić information content (AvgIpc) is 2.55. The summed E-state index contributed by atoms with van der Waals surface area (Å²) in [6.45, 7) is 4.04. The normalized spacial score (nSPS) is 15.2. The van der Waals surface area contributed by atoms with Crippen LogP contribution in [0.25, 0.3) is 0 Å². The van der Waals surface area contributed by atoms with E-state index in [4.69, 9.17) is 4.74 Å². The van der Waals surface area contributed by atoms with Gasteiger partial charge in [-0.1, -0.05) is 18.2 Å². The second kappa shape index (κ2) is 7.20. The highest BCUT2D eigenvalue weighted by atomic mass is 16.5. The standard InChI is InChI=1S/C17H22N2O2/c1-12(15-5-4-10-18-11-15)19-13(2)17(20)14-6-8-16(21-3)9-7-14/h4-13,17,19-20H,1-3H3/t12-,13+,17+/m0/s1. The molecule has 112 valence electrons. The summed E-state index contributed by atoms with van der Waals surface area (Å²) >= 11 is 0. The van der Waals surface area contributed by atoms with Gasteiger partial charge in [0.1, 0.15) is 5.75 Å². The molecule has 0 saturated heterocycles. The second-order valence-corrected chi connectivity index (χ2v) is 5.18. The van der Waals surface area contributed by atoms with Crippen molar-refractivity contribution in [3.05, 3.63) is 59.9 Å². The van der Waals surface area contributed by atoms with Crippen molar-refractivity contribution in [3.63, 3.8) is 0 Å². The second-order valence-electron chi connectivity index (χ2n) is 5.18. The lowest BCUT2D eigenvalue weighted by atomic mass is 10.0. The molecule has 2 aromatic rings. The van der Waals surface area contributed by atoms with E-state index in [1.54, 1.807) is 13.3 Å². The fourth-order valence-electron chi connectivity index (χ4n) is 2.30. The van der Waals surface area contributed by atoms with E-state index in [1.165, 1.54) is 0 Å². The van der Waals surface area contributed by atoms with E-state index >= 15 is 0 Å². The summed E-state index contributed by atoms with van der Waals surface area (Å²) in [7, 11) is 1.63. The first kappa shape index (κ1) is 15.5. The molecule has 0 radical (unpaired) electrons. The summed E-state index contributed by atoms with van der Waals surface area (Å²) in [5, 5.41) is 13.8. The highest BCUT2D eigenvalue weighted by Gasteiger charge is 2.18. The van der Waals surface area contributed by atoms with Gasteiger partial charge in [-0.05, 0) is 43.2 Å². The predicted octanol–water partition coefficient (Wildman–Crippen LogP) is 2.86.